The second-order valence-corrected chi connectivity index (χ2v) is 6.01. The van der Waals surface area contributed by atoms with Crippen LogP contribution in [0.1, 0.15) is 35.9 Å². The summed E-state index contributed by atoms with van der Waals surface area (Å²) in [6.45, 7) is 2.11. The van der Waals surface area contributed by atoms with Gasteiger partial charge in [0.1, 0.15) is 0 Å². The molecule has 1 aromatic heterocycles. The number of fused-ring (bicyclic) bond motifs is 1. The highest BCUT2D eigenvalue weighted by Crippen LogP contribution is 2.30. The number of aryl methyl sites for hydroxylation is 2. The third-order valence-corrected chi connectivity index (χ3v) is 4.01. The average Bonchev–Trinajstić information content (AvgIpc) is 2.66. The summed E-state index contributed by atoms with van der Waals surface area (Å²) < 4.78 is 0. The number of anilines is 1. The van der Waals surface area contributed by atoms with Gasteiger partial charge in [-0.05, 0) is 54.2 Å². The molecule has 0 spiro atoms. The van der Waals surface area contributed by atoms with Crippen LogP contribution in [0.4, 0.5) is 5.69 Å². The van der Waals surface area contributed by atoms with Crippen molar-refractivity contribution in [2.24, 2.45) is 0 Å². The van der Waals surface area contributed by atoms with Gasteiger partial charge in [0.15, 0.2) is 0 Å². The third kappa shape index (κ3) is 6.11. The molecule has 0 fully saturated rings. The molecule has 0 unspecified atom stereocenters. The Morgan fingerprint density at radius 2 is 1.78 bits per heavy atom. The molecule has 3 rings (SSSR count). The first-order chi connectivity index (χ1) is 12.9. The summed E-state index contributed by atoms with van der Waals surface area (Å²) in [6.07, 6.45) is 6.41. The number of carboxylic acid groups (broad SMARTS) is 2. The number of nitrogen functional groups attached to an aromatic ring is 1. The van der Waals surface area contributed by atoms with E-state index in [9.17, 15) is 9.59 Å². The summed E-state index contributed by atoms with van der Waals surface area (Å²) >= 11 is 0. The Morgan fingerprint density at radius 1 is 1.11 bits per heavy atom. The van der Waals surface area contributed by atoms with Gasteiger partial charge in [-0.2, -0.15) is 0 Å². The third-order valence-electron chi connectivity index (χ3n) is 4.01. The molecule has 0 amide bonds. The van der Waals surface area contributed by atoms with Gasteiger partial charge in [0.2, 0.25) is 0 Å². The molecule has 0 bridgehead atoms. The van der Waals surface area contributed by atoms with E-state index in [1.165, 1.54) is 16.7 Å². The lowest BCUT2D eigenvalue weighted by Gasteiger charge is -2.16. The van der Waals surface area contributed by atoms with Crippen molar-refractivity contribution in [1.82, 2.24) is 4.98 Å². The van der Waals surface area contributed by atoms with Crippen molar-refractivity contribution >= 4 is 29.3 Å². The number of carbonyl (C=O) groups is 2. The van der Waals surface area contributed by atoms with E-state index in [-0.39, 0.29) is 0 Å². The van der Waals surface area contributed by atoms with Crippen molar-refractivity contribution in [1.29, 1.82) is 0 Å². The maximum atomic E-state index is 9.55. The second kappa shape index (κ2) is 9.33. The molecule has 0 radical (unpaired) electrons. The Labute approximate surface area is 157 Å². The molecule has 0 saturated carbocycles. The largest absolute Gasteiger partial charge is 0.478 e. The monoisotopic (exact) mass is 366 g/mol. The number of nitrogens with two attached hydrogens (primary N) is 1. The first-order valence-electron chi connectivity index (χ1n) is 8.58. The number of rotatable bonds is 4. The number of aliphatic carboxylic acids is 2. The van der Waals surface area contributed by atoms with E-state index in [0.29, 0.717) is 12.2 Å². The van der Waals surface area contributed by atoms with E-state index < -0.39 is 11.9 Å². The zero-order chi connectivity index (χ0) is 19.8. The van der Waals surface area contributed by atoms with Crippen molar-refractivity contribution in [2.45, 2.75) is 26.2 Å². The highest BCUT2D eigenvalue weighted by atomic mass is 16.4. The Morgan fingerprint density at radius 3 is 2.41 bits per heavy atom. The lowest BCUT2D eigenvalue weighted by Crippen LogP contribution is -2.02. The lowest BCUT2D eigenvalue weighted by molar-refractivity contribution is -0.134. The number of nitrogens with zero attached hydrogens (tertiary/aromatic N) is 1. The lowest BCUT2D eigenvalue weighted by atomic mass is 9.90. The van der Waals surface area contributed by atoms with Crippen LogP contribution >= 0.6 is 0 Å². The predicted octanol–water partition coefficient (Wildman–Crippen LogP) is 3.42. The van der Waals surface area contributed by atoms with Gasteiger partial charge in [0, 0.05) is 23.5 Å². The zero-order valence-electron chi connectivity index (χ0n) is 15.1. The van der Waals surface area contributed by atoms with E-state index in [2.05, 4.69) is 37.3 Å². The normalized spacial score (nSPS) is 12.6. The summed E-state index contributed by atoms with van der Waals surface area (Å²) in [5.41, 5.74) is 12.9. The van der Waals surface area contributed by atoms with Crippen molar-refractivity contribution < 1.29 is 19.8 Å². The van der Waals surface area contributed by atoms with Gasteiger partial charge in [0.05, 0.1) is 5.69 Å². The van der Waals surface area contributed by atoms with Crippen molar-refractivity contribution in [3.63, 3.8) is 0 Å². The van der Waals surface area contributed by atoms with E-state index in [0.717, 1.165) is 36.3 Å². The topological polar surface area (TPSA) is 114 Å². The predicted molar refractivity (Wildman–Crippen MR) is 105 cm³/mol. The van der Waals surface area contributed by atoms with Gasteiger partial charge in [-0.25, -0.2) is 9.59 Å². The number of carboxylic acids is 2. The number of hydrogen-bond donors (Lipinski definition) is 3. The maximum absolute atomic E-state index is 9.55. The Kier molecular flexibility index (Phi) is 6.88. The van der Waals surface area contributed by atoms with Crippen LogP contribution in [0.15, 0.2) is 48.6 Å². The minimum atomic E-state index is -1.26. The van der Waals surface area contributed by atoms with E-state index in [4.69, 9.17) is 20.9 Å². The summed E-state index contributed by atoms with van der Waals surface area (Å²) in [5, 5.41) is 15.6. The highest BCUT2D eigenvalue weighted by molar-refractivity contribution is 5.89. The van der Waals surface area contributed by atoms with E-state index >= 15 is 0 Å². The molecule has 0 saturated heterocycles. The number of hydrogen-bond acceptors (Lipinski definition) is 4. The molecule has 1 aliphatic carbocycles. The van der Waals surface area contributed by atoms with Crippen LogP contribution in [0.25, 0.3) is 11.6 Å². The molecule has 0 atom stereocenters. The van der Waals surface area contributed by atoms with Gasteiger partial charge in [-0.15, -0.1) is 0 Å². The highest BCUT2D eigenvalue weighted by Gasteiger charge is 2.13. The molecular formula is C21H22N2O4. The average molecular weight is 366 g/mol. The molecule has 0 aliphatic heterocycles. The van der Waals surface area contributed by atoms with Gasteiger partial charge in [-0.3, -0.25) is 4.98 Å². The Bertz CT molecular complexity index is 885. The minimum Gasteiger partial charge on any atom is -0.478 e. The summed E-state index contributed by atoms with van der Waals surface area (Å²) in [6, 6.07) is 12.5. The van der Waals surface area contributed by atoms with Crippen LogP contribution in [0.3, 0.4) is 0 Å². The molecular weight excluding hydrogens is 344 g/mol. The maximum Gasteiger partial charge on any atom is 0.328 e. The molecule has 2 aromatic rings. The summed E-state index contributed by atoms with van der Waals surface area (Å²) in [4.78, 5) is 23.8. The smallest absolute Gasteiger partial charge is 0.328 e. The number of benzene rings is 1. The first-order valence-corrected chi connectivity index (χ1v) is 8.58. The molecule has 140 valence electrons. The SMILES string of the molecule is CCc1cc(N)cc(C2=Cc3ccccc3CC2)n1.O=C(O)/C=C/C(=O)O. The Balaban J connectivity index is 0.000000279. The molecule has 1 aromatic carbocycles. The van der Waals surface area contributed by atoms with Crippen LogP contribution < -0.4 is 5.73 Å². The van der Waals surface area contributed by atoms with Gasteiger partial charge >= 0.3 is 11.9 Å². The molecule has 4 N–H and O–H groups in total. The Hall–Kier alpha value is -3.41. The van der Waals surface area contributed by atoms with Gasteiger partial charge < -0.3 is 15.9 Å². The van der Waals surface area contributed by atoms with Crippen LogP contribution in [0.5, 0.6) is 0 Å². The van der Waals surface area contributed by atoms with E-state index in [1.807, 2.05) is 12.1 Å². The molecule has 6 heteroatoms. The summed E-state index contributed by atoms with van der Waals surface area (Å²) in [7, 11) is 0. The standard InChI is InChI=1S/C17H18N2.C4H4O4/c1-2-16-10-15(18)11-17(19-16)14-8-7-12-5-3-4-6-13(12)9-14;5-3(6)1-2-4(7)8/h3-6,9-11H,2,7-8H2,1H3,(H2,18,19);1-2H,(H,5,6)(H,7,8)/b;2-1+. The number of allylic oxidation sites excluding steroid dienone is 1. The van der Waals surface area contributed by atoms with Crippen molar-refractivity contribution in [2.75, 3.05) is 5.73 Å². The molecule has 1 heterocycles. The van der Waals surface area contributed by atoms with Crippen LogP contribution in [0, 0.1) is 0 Å². The fourth-order valence-electron chi connectivity index (χ4n) is 2.73. The van der Waals surface area contributed by atoms with Crippen LogP contribution in [-0.4, -0.2) is 27.1 Å². The molecule has 6 nitrogen and oxygen atoms in total. The number of pyridine rings is 1. The first kappa shape index (κ1) is 19.9. The second-order valence-electron chi connectivity index (χ2n) is 6.01. The van der Waals surface area contributed by atoms with Crippen LogP contribution in [0.2, 0.25) is 0 Å². The van der Waals surface area contributed by atoms with Crippen molar-refractivity contribution in [3.8, 4) is 0 Å². The van der Waals surface area contributed by atoms with E-state index in [1.54, 1.807) is 0 Å². The molecule has 27 heavy (non-hydrogen) atoms. The fourth-order valence-corrected chi connectivity index (χ4v) is 2.73. The fraction of sp³-hybridized carbons (Fsp3) is 0.190. The van der Waals surface area contributed by atoms with Gasteiger partial charge in [-0.1, -0.05) is 31.2 Å². The van der Waals surface area contributed by atoms with Crippen molar-refractivity contribution in [3.05, 3.63) is 71.1 Å². The zero-order valence-corrected chi connectivity index (χ0v) is 15.1. The quantitative estimate of drug-likeness (QED) is 0.715. The molecule has 1 aliphatic rings. The van der Waals surface area contributed by atoms with Crippen LogP contribution in [-0.2, 0) is 22.4 Å². The number of aromatic nitrogens is 1. The summed E-state index contributed by atoms with van der Waals surface area (Å²) in [5.74, 6) is -2.51. The minimum absolute atomic E-state index is 0.558. The van der Waals surface area contributed by atoms with Gasteiger partial charge in [0.25, 0.3) is 0 Å².